The molecule has 0 saturated carbocycles. The Morgan fingerprint density at radius 1 is 1.44 bits per heavy atom. The number of aliphatic hydroxyl groups is 2. The standard InChI is InChI=1S/C5H10O4/c1-8-5(9-2)4(7)3-6/h3,5-7H,1-2H3/b4-3-. The zero-order valence-electron chi connectivity index (χ0n) is 5.37. The summed E-state index contributed by atoms with van der Waals surface area (Å²) in [6, 6.07) is 0. The third-order valence-corrected chi connectivity index (χ3v) is 0.802. The monoisotopic (exact) mass is 134 g/mol. The average Bonchev–Trinajstić information content (AvgIpc) is 1.90. The molecule has 2 N–H and O–H groups in total. The molecule has 4 heteroatoms. The molecule has 9 heavy (non-hydrogen) atoms. The number of hydrogen-bond acceptors (Lipinski definition) is 4. The van der Waals surface area contributed by atoms with E-state index in [0.717, 1.165) is 0 Å². The first-order valence-electron chi connectivity index (χ1n) is 2.35. The zero-order chi connectivity index (χ0) is 7.28. The van der Waals surface area contributed by atoms with Crippen molar-refractivity contribution in [1.82, 2.24) is 0 Å². The van der Waals surface area contributed by atoms with Crippen LogP contribution in [0.5, 0.6) is 0 Å². The van der Waals surface area contributed by atoms with E-state index in [1.165, 1.54) is 14.2 Å². The normalized spacial score (nSPS) is 12.6. The molecule has 0 rings (SSSR count). The topological polar surface area (TPSA) is 58.9 Å². The maximum absolute atomic E-state index is 8.68. The van der Waals surface area contributed by atoms with Crippen LogP contribution in [-0.2, 0) is 9.47 Å². The first-order valence-corrected chi connectivity index (χ1v) is 2.35. The molecule has 0 heterocycles. The molecule has 54 valence electrons. The Balaban J connectivity index is 3.79. The van der Waals surface area contributed by atoms with Crippen LogP contribution < -0.4 is 0 Å². The molecule has 0 bridgehead atoms. The average molecular weight is 134 g/mol. The van der Waals surface area contributed by atoms with Gasteiger partial charge in [-0.05, 0) is 0 Å². The van der Waals surface area contributed by atoms with Crippen molar-refractivity contribution < 1.29 is 19.7 Å². The summed E-state index contributed by atoms with van der Waals surface area (Å²) in [5.74, 6) is -0.347. The summed E-state index contributed by atoms with van der Waals surface area (Å²) in [5, 5.41) is 16.9. The van der Waals surface area contributed by atoms with Gasteiger partial charge in [-0.3, -0.25) is 0 Å². The Bertz CT molecular complexity index is 95.1. The third-order valence-electron chi connectivity index (χ3n) is 0.802. The van der Waals surface area contributed by atoms with Crippen LogP contribution >= 0.6 is 0 Å². The summed E-state index contributed by atoms with van der Waals surface area (Å²) < 4.78 is 9.10. The van der Waals surface area contributed by atoms with E-state index in [4.69, 9.17) is 10.2 Å². The van der Waals surface area contributed by atoms with Crippen LogP contribution in [0.3, 0.4) is 0 Å². The minimum absolute atomic E-state index is 0.347. The van der Waals surface area contributed by atoms with Crippen molar-refractivity contribution in [1.29, 1.82) is 0 Å². The maximum Gasteiger partial charge on any atom is 0.219 e. The highest BCUT2D eigenvalue weighted by molar-refractivity contribution is 4.87. The predicted molar refractivity (Wildman–Crippen MR) is 31.1 cm³/mol. The molecule has 0 aliphatic rings. The van der Waals surface area contributed by atoms with Crippen molar-refractivity contribution >= 4 is 0 Å². The molecule has 0 unspecified atom stereocenters. The van der Waals surface area contributed by atoms with Gasteiger partial charge in [-0.1, -0.05) is 0 Å². The highest BCUT2D eigenvalue weighted by atomic mass is 16.7. The highest BCUT2D eigenvalue weighted by Gasteiger charge is 2.09. The number of aliphatic hydroxyl groups excluding tert-OH is 2. The van der Waals surface area contributed by atoms with Gasteiger partial charge in [0.25, 0.3) is 0 Å². The van der Waals surface area contributed by atoms with Gasteiger partial charge in [-0.2, -0.15) is 0 Å². The SMILES string of the molecule is COC(OC)/C(O)=C/O. The van der Waals surface area contributed by atoms with Crippen LogP contribution in [0.2, 0.25) is 0 Å². The van der Waals surface area contributed by atoms with Gasteiger partial charge in [0.05, 0.1) is 0 Å². The second kappa shape index (κ2) is 4.17. The largest absolute Gasteiger partial charge is 0.512 e. The summed E-state index contributed by atoms with van der Waals surface area (Å²) in [5.41, 5.74) is 0. The first-order chi connectivity index (χ1) is 4.26. The van der Waals surface area contributed by atoms with Gasteiger partial charge in [0, 0.05) is 14.2 Å². The van der Waals surface area contributed by atoms with Gasteiger partial charge in [0.1, 0.15) is 6.26 Å². The Kier molecular flexibility index (Phi) is 3.83. The van der Waals surface area contributed by atoms with Gasteiger partial charge in [-0.15, -0.1) is 0 Å². The van der Waals surface area contributed by atoms with Crippen LogP contribution in [0.15, 0.2) is 12.0 Å². The molecule has 4 nitrogen and oxygen atoms in total. The first kappa shape index (κ1) is 8.26. The van der Waals surface area contributed by atoms with Crippen LogP contribution in [0.1, 0.15) is 0 Å². The van der Waals surface area contributed by atoms with Crippen LogP contribution in [0.25, 0.3) is 0 Å². The second-order valence-corrected chi connectivity index (χ2v) is 1.36. The molecule has 0 saturated heterocycles. The number of methoxy groups -OCH3 is 2. The third kappa shape index (κ3) is 2.34. The van der Waals surface area contributed by atoms with E-state index in [1.807, 2.05) is 0 Å². The van der Waals surface area contributed by atoms with Gasteiger partial charge in [0.15, 0.2) is 5.76 Å². The summed E-state index contributed by atoms with van der Waals surface area (Å²) in [4.78, 5) is 0. The van der Waals surface area contributed by atoms with Gasteiger partial charge < -0.3 is 19.7 Å². The van der Waals surface area contributed by atoms with Gasteiger partial charge in [0.2, 0.25) is 6.29 Å². The lowest BCUT2D eigenvalue weighted by molar-refractivity contribution is -0.0980. The second-order valence-electron chi connectivity index (χ2n) is 1.36. The van der Waals surface area contributed by atoms with E-state index in [1.54, 1.807) is 0 Å². The Morgan fingerprint density at radius 2 is 1.89 bits per heavy atom. The zero-order valence-corrected chi connectivity index (χ0v) is 5.37. The fourth-order valence-electron chi connectivity index (χ4n) is 0.399. The molecule has 0 aromatic heterocycles. The Hall–Kier alpha value is -0.740. The quantitative estimate of drug-likeness (QED) is 0.437. The van der Waals surface area contributed by atoms with E-state index >= 15 is 0 Å². The van der Waals surface area contributed by atoms with E-state index < -0.39 is 6.29 Å². The molecular formula is C5H10O4. The lowest BCUT2D eigenvalue weighted by Gasteiger charge is -2.09. The smallest absolute Gasteiger partial charge is 0.219 e. The molecule has 0 aromatic rings. The maximum atomic E-state index is 8.68. The molecule has 0 spiro atoms. The van der Waals surface area contributed by atoms with Crippen molar-refractivity contribution in [3.63, 3.8) is 0 Å². The molecule has 0 atom stereocenters. The summed E-state index contributed by atoms with van der Waals surface area (Å²) in [7, 11) is 2.71. The molecule has 0 aliphatic carbocycles. The van der Waals surface area contributed by atoms with E-state index in [9.17, 15) is 0 Å². The van der Waals surface area contributed by atoms with Crippen LogP contribution in [-0.4, -0.2) is 30.7 Å². The number of hydrogen-bond donors (Lipinski definition) is 2. The molecule has 0 aromatic carbocycles. The van der Waals surface area contributed by atoms with Crippen molar-refractivity contribution in [3.05, 3.63) is 12.0 Å². The lowest BCUT2D eigenvalue weighted by Crippen LogP contribution is -2.15. The lowest BCUT2D eigenvalue weighted by atomic mass is 10.5. The molecule has 0 amide bonds. The molecule has 0 radical (unpaired) electrons. The Labute approximate surface area is 53.3 Å². The molecule has 0 aliphatic heterocycles. The molecular weight excluding hydrogens is 124 g/mol. The van der Waals surface area contributed by atoms with Crippen molar-refractivity contribution in [2.75, 3.05) is 14.2 Å². The van der Waals surface area contributed by atoms with E-state index in [0.29, 0.717) is 6.26 Å². The predicted octanol–water partition coefficient (Wildman–Crippen LogP) is 0.563. The van der Waals surface area contributed by atoms with E-state index in [2.05, 4.69) is 9.47 Å². The molecule has 0 fully saturated rings. The van der Waals surface area contributed by atoms with Crippen molar-refractivity contribution in [2.45, 2.75) is 6.29 Å². The summed E-state index contributed by atoms with van der Waals surface area (Å²) in [6.07, 6.45) is -0.340. The van der Waals surface area contributed by atoms with E-state index in [-0.39, 0.29) is 5.76 Å². The minimum Gasteiger partial charge on any atom is -0.512 e. The van der Waals surface area contributed by atoms with Gasteiger partial charge >= 0.3 is 0 Å². The summed E-state index contributed by atoms with van der Waals surface area (Å²) in [6.45, 7) is 0. The van der Waals surface area contributed by atoms with Crippen molar-refractivity contribution in [3.8, 4) is 0 Å². The number of rotatable bonds is 3. The van der Waals surface area contributed by atoms with Crippen LogP contribution in [0, 0.1) is 0 Å². The minimum atomic E-state index is -0.866. The fraction of sp³-hybridized carbons (Fsp3) is 0.600. The van der Waals surface area contributed by atoms with Crippen molar-refractivity contribution in [2.24, 2.45) is 0 Å². The van der Waals surface area contributed by atoms with Crippen LogP contribution in [0.4, 0.5) is 0 Å². The van der Waals surface area contributed by atoms with Gasteiger partial charge in [-0.25, -0.2) is 0 Å². The fourth-order valence-corrected chi connectivity index (χ4v) is 0.399. The Morgan fingerprint density at radius 3 is 2.00 bits per heavy atom. The highest BCUT2D eigenvalue weighted by Crippen LogP contribution is 2.00. The number of ether oxygens (including phenoxy) is 2. The summed E-state index contributed by atoms with van der Waals surface area (Å²) >= 11 is 0.